The minimum Gasteiger partial charge on any atom is -0.424 e. The molecule has 0 aliphatic heterocycles. The fourth-order valence-corrected chi connectivity index (χ4v) is 0.819. The molecule has 0 radical (unpaired) electrons. The van der Waals surface area contributed by atoms with E-state index in [0.717, 1.165) is 0 Å². The van der Waals surface area contributed by atoms with Crippen molar-refractivity contribution in [2.45, 2.75) is 3.98 Å². The van der Waals surface area contributed by atoms with E-state index in [-0.39, 0.29) is 4.51 Å². The Morgan fingerprint density at radius 2 is 1.75 bits per heavy atom. The van der Waals surface area contributed by atoms with Crippen LogP contribution in [0.4, 0.5) is 0 Å². The zero-order valence-electron chi connectivity index (χ0n) is 3.33. The maximum Gasteiger partial charge on any atom is 0.340 e. The van der Waals surface area contributed by atoms with Crippen LogP contribution >= 0.6 is 58.6 Å². The summed E-state index contributed by atoms with van der Waals surface area (Å²) in [5, 5.41) is 0. The average molecular weight is 214 g/mol. The Kier molecular flexibility index (Phi) is 3.71. The topological polar surface area (TPSA) is 9.23 Å². The summed E-state index contributed by atoms with van der Waals surface area (Å²) in [4.78, 5) is 0. The molecule has 0 rings (SSSR count). The van der Waals surface area contributed by atoms with Crippen molar-refractivity contribution in [2.75, 3.05) is 0 Å². The van der Waals surface area contributed by atoms with Crippen LogP contribution in [-0.4, -0.2) is 8.49 Å². The summed E-state index contributed by atoms with van der Waals surface area (Å²) in [6.45, 7) is 0. The first-order valence-electron chi connectivity index (χ1n) is 1.37. The predicted octanol–water partition coefficient (Wildman–Crippen LogP) is 2.85. The highest BCUT2D eigenvalue weighted by Crippen LogP contribution is 2.28. The van der Waals surface area contributed by atoms with Crippen LogP contribution in [0.15, 0.2) is 0 Å². The van der Waals surface area contributed by atoms with E-state index in [1.807, 2.05) is 0 Å². The molecule has 0 spiro atoms. The van der Waals surface area contributed by atoms with Crippen LogP contribution in [0.5, 0.6) is 0 Å². The maximum atomic E-state index is 5.06. The summed E-state index contributed by atoms with van der Waals surface area (Å²) in [7, 11) is 0. The minimum absolute atomic E-state index is 0.315. The molecule has 0 N–H and O–H groups in total. The van der Waals surface area contributed by atoms with Crippen LogP contribution in [-0.2, 0) is 4.74 Å². The molecule has 0 atom stereocenters. The first-order valence-corrected chi connectivity index (χ1v) is 3.29. The highest BCUT2D eigenvalue weighted by Gasteiger charge is 2.21. The lowest BCUT2D eigenvalue weighted by atomic mass is 11.5. The quantitative estimate of drug-likeness (QED) is 0.348. The van der Waals surface area contributed by atoms with Crippen LogP contribution in [0.2, 0.25) is 0 Å². The number of halogens is 4. The smallest absolute Gasteiger partial charge is 0.340 e. The van der Waals surface area contributed by atoms with Gasteiger partial charge in [0.2, 0.25) is 0 Å². The van der Waals surface area contributed by atoms with Gasteiger partial charge < -0.3 is 4.74 Å². The van der Waals surface area contributed by atoms with Crippen molar-refractivity contribution >= 4 is 63.1 Å². The van der Waals surface area contributed by atoms with Crippen molar-refractivity contribution in [3.8, 4) is 0 Å². The van der Waals surface area contributed by atoms with Gasteiger partial charge >= 0.3 is 3.98 Å². The van der Waals surface area contributed by atoms with E-state index in [1.54, 1.807) is 0 Å². The number of hydrogen-bond donors (Lipinski definition) is 0. The van der Waals surface area contributed by atoms with Gasteiger partial charge in [-0.2, -0.15) is 0 Å². The molecule has 48 valence electrons. The molecule has 0 aromatic carbocycles. The molecule has 0 heterocycles. The van der Waals surface area contributed by atoms with Crippen LogP contribution in [0.1, 0.15) is 0 Å². The number of hydrogen-bond acceptors (Lipinski definition) is 2. The fraction of sp³-hybridized carbons (Fsp3) is 0.500. The van der Waals surface area contributed by atoms with Gasteiger partial charge in [0.25, 0.3) is 4.51 Å². The normalized spacial score (nSPS) is 11.0. The first kappa shape index (κ1) is 9.05. The maximum absolute atomic E-state index is 5.06. The van der Waals surface area contributed by atoms with Gasteiger partial charge in [0.1, 0.15) is 0 Å². The molecule has 0 saturated heterocycles. The third kappa shape index (κ3) is 7.05. The molecule has 0 unspecified atom stereocenters. The molecule has 0 aliphatic carbocycles. The molecule has 1 nitrogen and oxygen atoms in total. The van der Waals surface area contributed by atoms with E-state index in [0.29, 0.717) is 0 Å². The van der Waals surface area contributed by atoms with E-state index < -0.39 is 3.98 Å². The summed E-state index contributed by atoms with van der Waals surface area (Å²) in [6.07, 6.45) is 0. The van der Waals surface area contributed by atoms with E-state index >= 15 is 0 Å². The zero-order valence-corrected chi connectivity index (χ0v) is 7.17. The van der Waals surface area contributed by atoms with Gasteiger partial charge in [-0.15, -0.1) is 0 Å². The molecule has 0 aliphatic rings. The predicted molar refractivity (Wildman–Crippen MR) is 39.8 cm³/mol. The van der Waals surface area contributed by atoms with Gasteiger partial charge in [-0.25, -0.2) is 0 Å². The van der Waals surface area contributed by atoms with Gasteiger partial charge in [-0.3, -0.25) is 0 Å². The monoisotopic (exact) mass is 212 g/mol. The number of alkyl halides is 3. The van der Waals surface area contributed by atoms with Crippen molar-refractivity contribution in [1.82, 2.24) is 0 Å². The van der Waals surface area contributed by atoms with Crippen molar-refractivity contribution in [2.24, 2.45) is 0 Å². The SMILES string of the molecule is S=C(Cl)OC(Cl)(Cl)Cl. The molecule has 8 heavy (non-hydrogen) atoms. The van der Waals surface area contributed by atoms with Crippen molar-refractivity contribution in [1.29, 1.82) is 0 Å². The standard InChI is InChI=1S/C2Cl4OS/c3-1(8)7-2(4,5)6. The lowest BCUT2D eigenvalue weighted by Crippen LogP contribution is -2.09. The summed E-state index contributed by atoms with van der Waals surface area (Å²) in [5.74, 6) is 0. The Morgan fingerprint density at radius 1 is 1.38 bits per heavy atom. The largest absolute Gasteiger partial charge is 0.424 e. The number of rotatable bonds is 0. The Bertz CT molecular complexity index is 96.7. The summed E-state index contributed by atoms with van der Waals surface area (Å²) in [5.41, 5.74) is 0. The summed E-state index contributed by atoms with van der Waals surface area (Å²) < 4.78 is 2.08. The van der Waals surface area contributed by atoms with Gasteiger partial charge in [-0.1, -0.05) is 0 Å². The van der Waals surface area contributed by atoms with E-state index in [9.17, 15) is 0 Å². The summed E-state index contributed by atoms with van der Waals surface area (Å²) in [6, 6.07) is 0. The second kappa shape index (κ2) is 3.28. The second-order valence-electron chi connectivity index (χ2n) is 0.785. The zero-order chi connectivity index (χ0) is 6.78. The van der Waals surface area contributed by atoms with Crippen LogP contribution in [0.3, 0.4) is 0 Å². The molecule has 0 amide bonds. The van der Waals surface area contributed by atoms with E-state index in [4.69, 9.17) is 46.4 Å². The minimum atomic E-state index is -1.83. The van der Waals surface area contributed by atoms with Gasteiger partial charge in [0, 0.05) is 0 Å². The van der Waals surface area contributed by atoms with Gasteiger partial charge in [0.15, 0.2) is 0 Å². The average Bonchev–Trinajstić information content (AvgIpc) is 1.21. The second-order valence-corrected chi connectivity index (χ2v) is 3.90. The van der Waals surface area contributed by atoms with E-state index in [1.165, 1.54) is 0 Å². The van der Waals surface area contributed by atoms with Crippen molar-refractivity contribution in [3.63, 3.8) is 0 Å². The Hall–Kier alpha value is 1.05. The molecule has 0 saturated carbocycles. The highest BCUT2D eigenvalue weighted by molar-refractivity contribution is 7.82. The van der Waals surface area contributed by atoms with Crippen molar-refractivity contribution in [3.05, 3.63) is 0 Å². The molecule has 6 heteroatoms. The molecular formula is C2Cl4OS. The van der Waals surface area contributed by atoms with Gasteiger partial charge in [0.05, 0.1) is 0 Å². The third-order valence-corrected chi connectivity index (χ3v) is 0.588. The molecular weight excluding hydrogens is 214 g/mol. The number of ether oxygens (including phenoxy) is 1. The number of thiocarbonyl (C=S) groups is 1. The van der Waals surface area contributed by atoms with Crippen LogP contribution < -0.4 is 0 Å². The summed E-state index contributed by atoms with van der Waals surface area (Å²) >= 11 is 24.4. The lowest BCUT2D eigenvalue weighted by molar-refractivity contribution is 0.324. The molecule has 0 aromatic heterocycles. The third-order valence-electron chi connectivity index (χ3n) is 0.196. The van der Waals surface area contributed by atoms with Crippen LogP contribution in [0.25, 0.3) is 0 Å². The van der Waals surface area contributed by atoms with E-state index in [2.05, 4.69) is 17.0 Å². The Labute approximate surface area is 71.8 Å². The molecule has 0 bridgehead atoms. The fourth-order valence-electron chi connectivity index (χ4n) is 0.0910. The molecule has 0 fully saturated rings. The Morgan fingerprint density at radius 3 is 1.75 bits per heavy atom. The van der Waals surface area contributed by atoms with Gasteiger partial charge in [-0.05, 0) is 58.6 Å². The van der Waals surface area contributed by atoms with Crippen molar-refractivity contribution < 1.29 is 4.74 Å². The lowest BCUT2D eigenvalue weighted by Gasteiger charge is -2.08. The molecule has 0 aromatic rings. The highest BCUT2D eigenvalue weighted by atomic mass is 35.6. The van der Waals surface area contributed by atoms with Crippen LogP contribution in [0, 0.1) is 0 Å². The Balaban J connectivity index is 3.55. The first-order chi connectivity index (χ1) is 3.42.